The van der Waals surface area contributed by atoms with Crippen LogP contribution in [0.2, 0.25) is 10.0 Å². The highest BCUT2D eigenvalue weighted by atomic mass is 35.5. The van der Waals surface area contributed by atoms with Crippen LogP contribution < -0.4 is 10.2 Å². The molecule has 0 amide bonds. The molecule has 1 unspecified atom stereocenters. The predicted octanol–water partition coefficient (Wildman–Crippen LogP) is 7.84. The molecule has 2 aromatic carbocycles. The number of aliphatic imine (C=N–C) groups is 1. The van der Waals surface area contributed by atoms with Crippen molar-refractivity contribution in [1.29, 1.82) is 0 Å². The lowest BCUT2D eigenvalue weighted by Gasteiger charge is -2.35. The summed E-state index contributed by atoms with van der Waals surface area (Å²) in [6.45, 7) is 8.74. The quantitative estimate of drug-likeness (QED) is 0.434. The molecular weight excluding hydrogens is 469 g/mol. The SMILES string of the molecule is Cc1ccc(N2C(=S)NC(=NC(C=Cc3ccc(Cl)cc3Cl)C(C)(C)C)C23CCCC3)cc1. The Morgan fingerprint density at radius 3 is 2.36 bits per heavy atom. The first kappa shape index (κ1) is 24.3. The van der Waals surface area contributed by atoms with Gasteiger partial charge in [-0.2, -0.15) is 0 Å². The van der Waals surface area contributed by atoms with Crippen molar-refractivity contribution in [2.75, 3.05) is 4.90 Å². The molecule has 3 nitrogen and oxygen atoms in total. The fourth-order valence-electron chi connectivity index (χ4n) is 4.70. The van der Waals surface area contributed by atoms with Crippen LogP contribution in [0.25, 0.3) is 6.08 Å². The van der Waals surface area contributed by atoms with Crippen molar-refractivity contribution in [2.24, 2.45) is 10.4 Å². The summed E-state index contributed by atoms with van der Waals surface area (Å²) in [7, 11) is 0. The van der Waals surface area contributed by atoms with E-state index in [0.29, 0.717) is 10.0 Å². The number of nitrogens with zero attached hydrogens (tertiary/aromatic N) is 2. The normalized spacial score (nSPS) is 20.2. The van der Waals surface area contributed by atoms with E-state index in [1.807, 2.05) is 18.2 Å². The van der Waals surface area contributed by atoms with Crippen molar-refractivity contribution in [3.05, 3.63) is 69.7 Å². The third kappa shape index (κ3) is 4.99. The Morgan fingerprint density at radius 1 is 1.09 bits per heavy atom. The average molecular weight is 501 g/mol. The first-order valence-corrected chi connectivity index (χ1v) is 12.7. The van der Waals surface area contributed by atoms with E-state index in [1.54, 1.807) is 6.07 Å². The molecular formula is C27H31Cl2N3S. The molecule has 1 atom stereocenters. The molecule has 2 aliphatic rings. The van der Waals surface area contributed by atoms with Crippen LogP contribution in [0.4, 0.5) is 5.69 Å². The van der Waals surface area contributed by atoms with Crippen LogP contribution in [-0.2, 0) is 0 Å². The van der Waals surface area contributed by atoms with E-state index < -0.39 is 0 Å². The smallest absolute Gasteiger partial charge is 0.179 e. The number of anilines is 1. The van der Waals surface area contributed by atoms with Crippen molar-refractivity contribution in [2.45, 2.75) is 65.0 Å². The number of nitrogens with one attached hydrogen (secondary N) is 1. The zero-order valence-electron chi connectivity index (χ0n) is 19.7. The lowest BCUT2D eigenvalue weighted by atomic mass is 9.86. The van der Waals surface area contributed by atoms with E-state index in [9.17, 15) is 0 Å². The highest BCUT2D eigenvalue weighted by Crippen LogP contribution is 2.43. The van der Waals surface area contributed by atoms with Gasteiger partial charge in [0.2, 0.25) is 0 Å². The number of benzene rings is 2. The number of halogens is 2. The molecule has 1 saturated carbocycles. The maximum Gasteiger partial charge on any atom is 0.179 e. The number of amidine groups is 1. The Hall–Kier alpha value is -1.88. The molecule has 1 aliphatic carbocycles. The molecule has 1 N–H and O–H groups in total. The van der Waals surface area contributed by atoms with Gasteiger partial charge < -0.3 is 10.2 Å². The Kier molecular flexibility index (Phi) is 6.91. The van der Waals surface area contributed by atoms with Gasteiger partial charge in [-0.25, -0.2) is 0 Å². The third-order valence-electron chi connectivity index (χ3n) is 6.60. The minimum atomic E-state index is -0.207. The highest BCUT2D eigenvalue weighted by molar-refractivity contribution is 7.80. The van der Waals surface area contributed by atoms with Crippen LogP contribution in [0.5, 0.6) is 0 Å². The van der Waals surface area contributed by atoms with Crippen LogP contribution in [0.3, 0.4) is 0 Å². The van der Waals surface area contributed by atoms with Crippen LogP contribution in [0, 0.1) is 12.3 Å². The molecule has 0 aromatic heterocycles. The molecule has 4 rings (SSSR count). The standard InChI is InChI=1S/C27H31Cl2N3S/c1-18-7-12-21(13-8-18)32-25(33)31-24(27(32)15-5-6-16-27)30-23(26(2,3)4)14-10-19-9-11-20(28)17-22(19)29/h7-14,17,23H,5-6,15-16H2,1-4H3,(H,30,31,33). The van der Waals surface area contributed by atoms with Crippen LogP contribution in [0.15, 0.2) is 53.5 Å². The minimum Gasteiger partial charge on any atom is -0.319 e. The van der Waals surface area contributed by atoms with Gasteiger partial charge in [0.15, 0.2) is 5.11 Å². The third-order valence-corrected chi connectivity index (χ3v) is 7.44. The second kappa shape index (κ2) is 9.40. The predicted molar refractivity (Wildman–Crippen MR) is 147 cm³/mol. The van der Waals surface area contributed by atoms with Gasteiger partial charge in [0.1, 0.15) is 11.4 Å². The maximum atomic E-state index is 6.41. The van der Waals surface area contributed by atoms with E-state index >= 15 is 0 Å². The molecule has 0 radical (unpaired) electrons. The van der Waals surface area contributed by atoms with E-state index in [2.05, 4.69) is 68.3 Å². The van der Waals surface area contributed by atoms with Gasteiger partial charge >= 0.3 is 0 Å². The van der Waals surface area contributed by atoms with Crippen molar-refractivity contribution < 1.29 is 0 Å². The summed E-state index contributed by atoms with van der Waals surface area (Å²) in [4.78, 5) is 7.61. The molecule has 1 saturated heterocycles. The summed E-state index contributed by atoms with van der Waals surface area (Å²) >= 11 is 18.3. The Labute approximate surface area is 212 Å². The highest BCUT2D eigenvalue weighted by Gasteiger charge is 2.51. The summed E-state index contributed by atoms with van der Waals surface area (Å²) in [5.41, 5.74) is 3.01. The molecule has 1 aliphatic heterocycles. The second-order valence-corrected chi connectivity index (χ2v) is 11.4. The van der Waals surface area contributed by atoms with Crippen molar-refractivity contribution >= 4 is 58.1 Å². The molecule has 33 heavy (non-hydrogen) atoms. The molecule has 0 bridgehead atoms. The lowest BCUT2D eigenvalue weighted by molar-refractivity contribution is 0.366. The topological polar surface area (TPSA) is 27.6 Å². The van der Waals surface area contributed by atoms with Crippen LogP contribution in [-0.4, -0.2) is 22.5 Å². The molecule has 1 heterocycles. The molecule has 2 aromatic rings. The number of aryl methyl sites for hydroxylation is 1. The van der Waals surface area contributed by atoms with Gasteiger partial charge in [0, 0.05) is 15.7 Å². The van der Waals surface area contributed by atoms with Gasteiger partial charge in [-0.3, -0.25) is 4.99 Å². The van der Waals surface area contributed by atoms with Crippen LogP contribution in [0.1, 0.15) is 57.6 Å². The fraction of sp³-hybridized carbons (Fsp3) is 0.407. The first-order valence-electron chi connectivity index (χ1n) is 11.5. The van der Waals surface area contributed by atoms with Crippen LogP contribution >= 0.6 is 35.4 Å². The zero-order chi connectivity index (χ0) is 23.8. The van der Waals surface area contributed by atoms with E-state index in [0.717, 1.165) is 35.0 Å². The van der Waals surface area contributed by atoms with Gasteiger partial charge in [0.25, 0.3) is 0 Å². The van der Waals surface area contributed by atoms with Crippen molar-refractivity contribution in [1.82, 2.24) is 5.32 Å². The number of rotatable bonds is 4. The molecule has 174 valence electrons. The lowest BCUT2D eigenvalue weighted by Crippen LogP contribution is -2.48. The molecule has 2 fully saturated rings. The van der Waals surface area contributed by atoms with E-state index in [4.69, 9.17) is 40.4 Å². The fourth-order valence-corrected chi connectivity index (χ4v) is 5.55. The zero-order valence-corrected chi connectivity index (χ0v) is 22.0. The summed E-state index contributed by atoms with van der Waals surface area (Å²) in [5.74, 6) is 0.984. The summed E-state index contributed by atoms with van der Waals surface area (Å²) in [5, 5.41) is 5.50. The Morgan fingerprint density at radius 2 is 1.76 bits per heavy atom. The Balaban J connectivity index is 1.73. The number of thiocarbonyl (C=S) groups is 1. The van der Waals surface area contributed by atoms with Gasteiger partial charge in [-0.05, 0) is 67.2 Å². The Bertz CT molecular complexity index is 1090. The summed E-state index contributed by atoms with van der Waals surface area (Å²) < 4.78 is 0. The molecule has 1 spiro atoms. The van der Waals surface area contributed by atoms with Gasteiger partial charge in [-0.1, -0.05) is 92.7 Å². The number of hydrogen-bond donors (Lipinski definition) is 1. The minimum absolute atomic E-state index is 0.0509. The molecule has 6 heteroatoms. The van der Waals surface area contributed by atoms with E-state index in [1.165, 1.54) is 18.4 Å². The number of hydrogen-bond acceptors (Lipinski definition) is 2. The summed E-state index contributed by atoms with van der Waals surface area (Å²) in [6.07, 6.45) is 8.60. The second-order valence-electron chi connectivity index (χ2n) is 10.2. The first-order chi connectivity index (χ1) is 15.6. The van der Waals surface area contributed by atoms with Gasteiger partial charge in [-0.15, -0.1) is 0 Å². The van der Waals surface area contributed by atoms with Crippen molar-refractivity contribution in [3.63, 3.8) is 0 Å². The van der Waals surface area contributed by atoms with Gasteiger partial charge in [0.05, 0.1) is 6.04 Å². The van der Waals surface area contributed by atoms with Crippen molar-refractivity contribution in [3.8, 4) is 0 Å². The average Bonchev–Trinajstić information content (AvgIpc) is 3.32. The summed E-state index contributed by atoms with van der Waals surface area (Å²) in [6, 6.07) is 14.1. The largest absolute Gasteiger partial charge is 0.319 e. The monoisotopic (exact) mass is 499 g/mol. The maximum absolute atomic E-state index is 6.41. The van der Waals surface area contributed by atoms with E-state index in [-0.39, 0.29) is 17.0 Å².